The van der Waals surface area contributed by atoms with Gasteiger partial charge in [0.15, 0.2) is 0 Å². The second-order valence-electron chi connectivity index (χ2n) is 5.20. The van der Waals surface area contributed by atoms with Crippen LogP contribution in [0, 0.1) is 11.8 Å². The predicted octanol–water partition coefficient (Wildman–Crippen LogP) is 3.50. The lowest BCUT2D eigenvalue weighted by molar-refractivity contribution is -0.146. The highest BCUT2D eigenvalue weighted by molar-refractivity contribution is 5.73. The summed E-state index contributed by atoms with van der Waals surface area (Å²) in [6, 6.07) is 8.40. The number of anilines is 1. The van der Waals surface area contributed by atoms with Crippen molar-refractivity contribution in [3.63, 3.8) is 0 Å². The summed E-state index contributed by atoms with van der Waals surface area (Å²) in [5.41, 5.74) is 2.40. The van der Waals surface area contributed by atoms with E-state index in [2.05, 4.69) is 36.5 Å². The van der Waals surface area contributed by atoms with Gasteiger partial charge in [-0.25, -0.2) is 0 Å². The maximum Gasteiger partial charge on any atom is 0.310 e. The Hall–Kier alpha value is -1.51. The molecule has 1 atom stereocenters. The van der Waals surface area contributed by atoms with Crippen LogP contribution in [0.5, 0.6) is 0 Å². The van der Waals surface area contributed by atoms with Gasteiger partial charge in [-0.1, -0.05) is 39.3 Å². The van der Waals surface area contributed by atoms with Crippen molar-refractivity contribution in [2.75, 3.05) is 19.0 Å². The quantitative estimate of drug-likeness (QED) is 0.765. The van der Waals surface area contributed by atoms with Gasteiger partial charge in [0, 0.05) is 12.2 Å². The van der Waals surface area contributed by atoms with Crippen LogP contribution in [0.25, 0.3) is 0 Å². The van der Waals surface area contributed by atoms with Crippen LogP contribution < -0.4 is 5.32 Å². The summed E-state index contributed by atoms with van der Waals surface area (Å²) in [6.07, 6.45) is 2.27. The maximum absolute atomic E-state index is 11.7. The zero-order valence-electron chi connectivity index (χ0n) is 12.4. The standard InChI is InChI=1S/C16H25NO2/c1-5-6-13-7-9-14(10-8-13)17-11-15(12(2)3)16(18)19-4/h7-10,12,15,17H,5-6,11H2,1-4H3. The SMILES string of the molecule is CCCc1ccc(NCC(C(=O)OC)C(C)C)cc1. The van der Waals surface area contributed by atoms with Crippen LogP contribution in [0.1, 0.15) is 32.8 Å². The van der Waals surface area contributed by atoms with Gasteiger partial charge < -0.3 is 10.1 Å². The third-order valence-electron chi connectivity index (χ3n) is 3.33. The summed E-state index contributed by atoms with van der Waals surface area (Å²) in [4.78, 5) is 11.7. The topological polar surface area (TPSA) is 38.3 Å². The Labute approximate surface area is 116 Å². The molecule has 1 aromatic carbocycles. The number of esters is 1. The Bertz CT molecular complexity index is 384. The van der Waals surface area contributed by atoms with Crippen molar-refractivity contribution in [3.8, 4) is 0 Å². The first-order chi connectivity index (χ1) is 9.08. The molecule has 106 valence electrons. The molecular formula is C16H25NO2. The number of nitrogens with one attached hydrogen (secondary N) is 1. The summed E-state index contributed by atoms with van der Waals surface area (Å²) >= 11 is 0. The molecule has 0 bridgehead atoms. The van der Waals surface area contributed by atoms with E-state index < -0.39 is 0 Å². The number of hydrogen-bond donors (Lipinski definition) is 1. The number of aryl methyl sites for hydroxylation is 1. The average molecular weight is 263 g/mol. The minimum absolute atomic E-state index is 0.111. The number of benzene rings is 1. The molecule has 3 nitrogen and oxygen atoms in total. The highest BCUT2D eigenvalue weighted by Crippen LogP contribution is 2.16. The summed E-state index contributed by atoms with van der Waals surface area (Å²) in [5.74, 6) is 0.00439. The average Bonchev–Trinajstić information content (AvgIpc) is 2.40. The van der Waals surface area contributed by atoms with E-state index >= 15 is 0 Å². The predicted molar refractivity (Wildman–Crippen MR) is 79.3 cm³/mol. The first kappa shape index (κ1) is 15.5. The van der Waals surface area contributed by atoms with Crippen molar-refractivity contribution < 1.29 is 9.53 Å². The second kappa shape index (κ2) is 7.82. The van der Waals surface area contributed by atoms with Gasteiger partial charge in [0.1, 0.15) is 0 Å². The molecule has 0 heterocycles. The van der Waals surface area contributed by atoms with Gasteiger partial charge in [0.2, 0.25) is 0 Å². The molecule has 0 aliphatic heterocycles. The Morgan fingerprint density at radius 1 is 1.26 bits per heavy atom. The van der Waals surface area contributed by atoms with Crippen molar-refractivity contribution in [3.05, 3.63) is 29.8 Å². The molecule has 0 aliphatic rings. The van der Waals surface area contributed by atoms with Crippen LogP contribution in [-0.2, 0) is 16.0 Å². The Balaban J connectivity index is 2.56. The summed E-state index contributed by atoms with van der Waals surface area (Å²) < 4.78 is 4.83. The molecule has 0 aromatic heterocycles. The van der Waals surface area contributed by atoms with E-state index in [-0.39, 0.29) is 17.8 Å². The van der Waals surface area contributed by atoms with Crippen LogP contribution in [0.3, 0.4) is 0 Å². The summed E-state index contributed by atoms with van der Waals surface area (Å²) in [5, 5.41) is 3.31. The van der Waals surface area contributed by atoms with Crippen LogP contribution >= 0.6 is 0 Å². The van der Waals surface area contributed by atoms with Gasteiger partial charge in [-0.3, -0.25) is 4.79 Å². The molecule has 0 fully saturated rings. The minimum Gasteiger partial charge on any atom is -0.469 e. The molecular weight excluding hydrogens is 238 g/mol. The highest BCUT2D eigenvalue weighted by Gasteiger charge is 2.22. The van der Waals surface area contributed by atoms with Gasteiger partial charge in [0.05, 0.1) is 13.0 Å². The molecule has 1 N–H and O–H groups in total. The Morgan fingerprint density at radius 3 is 2.37 bits per heavy atom. The Morgan fingerprint density at radius 2 is 1.89 bits per heavy atom. The molecule has 0 amide bonds. The highest BCUT2D eigenvalue weighted by atomic mass is 16.5. The van der Waals surface area contributed by atoms with E-state index in [1.54, 1.807) is 0 Å². The van der Waals surface area contributed by atoms with Gasteiger partial charge in [-0.05, 0) is 30.0 Å². The molecule has 0 spiro atoms. The molecule has 19 heavy (non-hydrogen) atoms. The Kier molecular flexibility index (Phi) is 6.40. The zero-order valence-corrected chi connectivity index (χ0v) is 12.4. The number of ether oxygens (including phenoxy) is 1. The maximum atomic E-state index is 11.7. The number of carbonyl (C=O) groups excluding carboxylic acids is 1. The smallest absolute Gasteiger partial charge is 0.310 e. The number of methoxy groups -OCH3 is 1. The number of carbonyl (C=O) groups is 1. The normalized spacial score (nSPS) is 12.3. The minimum atomic E-state index is -0.148. The molecule has 0 saturated carbocycles. The fourth-order valence-electron chi connectivity index (χ4n) is 2.05. The van der Waals surface area contributed by atoms with Crippen LogP contribution in [-0.4, -0.2) is 19.6 Å². The lowest BCUT2D eigenvalue weighted by Crippen LogP contribution is -2.28. The second-order valence-corrected chi connectivity index (χ2v) is 5.20. The molecule has 1 rings (SSSR count). The van der Waals surface area contributed by atoms with E-state index in [1.165, 1.54) is 12.7 Å². The lowest BCUT2D eigenvalue weighted by atomic mass is 9.96. The molecule has 0 saturated heterocycles. The van der Waals surface area contributed by atoms with Gasteiger partial charge in [-0.2, -0.15) is 0 Å². The number of hydrogen-bond acceptors (Lipinski definition) is 3. The fraction of sp³-hybridized carbons (Fsp3) is 0.562. The molecule has 3 heteroatoms. The molecule has 0 radical (unpaired) electrons. The molecule has 0 aliphatic carbocycles. The third kappa shape index (κ3) is 4.93. The van der Waals surface area contributed by atoms with E-state index in [1.807, 2.05) is 13.8 Å². The van der Waals surface area contributed by atoms with E-state index in [4.69, 9.17) is 4.74 Å². The van der Waals surface area contributed by atoms with Crippen LogP contribution in [0.2, 0.25) is 0 Å². The van der Waals surface area contributed by atoms with E-state index in [0.29, 0.717) is 6.54 Å². The zero-order chi connectivity index (χ0) is 14.3. The molecule has 1 aromatic rings. The monoisotopic (exact) mass is 263 g/mol. The fourth-order valence-corrected chi connectivity index (χ4v) is 2.05. The van der Waals surface area contributed by atoms with Crippen LogP contribution in [0.15, 0.2) is 24.3 Å². The lowest BCUT2D eigenvalue weighted by Gasteiger charge is -2.19. The molecule has 1 unspecified atom stereocenters. The number of rotatable bonds is 7. The first-order valence-electron chi connectivity index (χ1n) is 6.99. The van der Waals surface area contributed by atoms with Crippen molar-refractivity contribution in [1.29, 1.82) is 0 Å². The van der Waals surface area contributed by atoms with Gasteiger partial charge >= 0.3 is 5.97 Å². The van der Waals surface area contributed by atoms with Gasteiger partial charge in [0.25, 0.3) is 0 Å². The largest absolute Gasteiger partial charge is 0.469 e. The van der Waals surface area contributed by atoms with Crippen molar-refractivity contribution >= 4 is 11.7 Å². The van der Waals surface area contributed by atoms with Crippen LogP contribution in [0.4, 0.5) is 5.69 Å². The third-order valence-corrected chi connectivity index (χ3v) is 3.33. The summed E-state index contributed by atoms with van der Waals surface area (Å²) in [6.45, 7) is 6.86. The van der Waals surface area contributed by atoms with Gasteiger partial charge in [-0.15, -0.1) is 0 Å². The van der Waals surface area contributed by atoms with E-state index in [9.17, 15) is 4.79 Å². The van der Waals surface area contributed by atoms with E-state index in [0.717, 1.165) is 18.5 Å². The van der Waals surface area contributed by atoms with Crippen molar-refractivity contribution in [2.24, 2.45) is 11.8 Å². The summed E-state index contributed by atoms with van der Waals surface area (Å²) in [7, 11) is 1.44. The first-order valence-corrected chi connectivity index (χ1v) is 6.99. The van der Waals surface area contributed by atoms with Crippen molar-refractivity contribution in [2.45, 2.75) is 33.6 Å². The van der Waals surface area contributed by atoms with Crippen molar-refractivity contribution in [1.82, 2.24) is 0 Å².